The summed E-state index contributed by atoms with van der Waals surface area (Å²) in [6, 6.07) is 7.78. The summed E-state index contributed by atoms with van der Waals surface area (Å²) in [5.74, 6) is 0.884. The normalized spacial score (nSPS) is 17.1. The van der Waals surface area contributed by atoms with Crippen LogP contribution in [0.3, 0.4) is 0 Å². The van der Waals surface area contributed by atoms with E-state index in [9.17, 15) is 9.18 Å². The van der Waals surface area contributed by atoms with Crippen LogP contribution < -0.4 is 0 Å². The standard InChI is InChI=1S/C20H19FN4O2/c21-16-6-4-14(5-7-16)11-17-13-22-19(27-17)18-3-1-2-10-25(18)20(26)15-8-9-23-24-12-15/h4-9,12-13,18H,1-3,10-11H2. The van der Waals surface area contributed by atoms with Crippen molar-refractivity contribution in [1.82, 2.24) is 20.1 Å². The molecule has 1 saturated heterocycles. The Morgan fingerprint density at radius 3 is 2.78 bits per heavy atom. The van der Waals surface area contributed by atoms with Crippen molar-refractivity contribution in [2.24, 2.45) is 0 Å². The zero-order valence-corrected chi connectivity index (χ0v) is 14.7. The molecule has 7 heteroatoms. The summed E-state index contributed by atoms with van der Waals surface area (Å²) in [6.45, 7) is 0.654. The van der Waals surface area contributed by atoms with E-state index in [1.807, 2.05) is 0 Å². The lowest BCUT2D eigenvalue weighted by Crippen LogP contribution is -2.38. The molecule has 1 fully saturated rings. The van der Waals surface area contributed by atoms with Crippen LogP contribution in [0, 0.1) is 5.82 Å². The summed E-state index contributed by atoms with van der Waals surface area (Å²) in [4.78, 5) is 19.1. The van der Waals surface area contributed by atoms with Gasteiger partial charge >= 0.3 is 0 Å². The highest BCUT2D eigenvalue weighted by Gasteiger charge is 2.32. The SMILES string of the molecule is O=C(c1ccnnc1)N1CCCCC1c1ncc(Cc2ccc(F)cc2)o1. The van der Waals surface area contributed by atoms with Crippen molar-refractivity contribution in [1.29, 1.82) is 0 Å². The van der Waals surface area contributed by atoms with E-state index in [1.165, 1.54) is 24.5 Å². The Bertz CT molecular complexity index is 911. The van der Waals surface area contributed by atoms with E-state index >= 15 is 0 Å². The molecule has 1 aliphatic rings. The van der Waals surface area contributed by atoms with Crippen LogP contribution in [0.15, 0.2) is 53.3 Å². The van der Waals surface area contributed by atoms with Gasteiger partial charge in [-0.2, -0.15) is 10.2 Å². The molecule has 3 heterocycles. The van der Waals surface area contributed by atoms with Gasteiger partial charge < -0.3 is 9.32 Å². The molecule has 0 bridgehead atoms. The number of aromatic nitrogens is 3. The molecule has 1 unspecified atom stereocenters. The first kappa shape index (κ1) is 17.3. The summed E-state index contributed by atoms with van der Waals surface area (Å²) in [5.41, 5.74) is 1.45. The van der Waals surface area contributed by atoms with Gasteiger partial charge in [-0.05, 0) is 43.0 Å². The summed E-state index contributed by atoms with van der Waals surface area (Å²) < 4.78 is 19.0. The van der Waals surface area contributed by atoms with Gasteiger partial charge in [0.15, 0.2) is 0 Å². The average molecular weight is 366 g/mol. The highest BCUT2D eigenvalue weighted by atomic mass is 19.1. The largest absolute Gasteiger partial charge is 0.443 e. The number of halogens is 1. The maximum atomic E-state index is 13.0. The number of piperidine rings is 1. The van der Waals surface area contributed by atoms with Crippen LogP contribution >= 0.6 is 0 Å². The average Bonchev–Trinajstić information content (AvgIpc) is 3.18. The summed E-state index contributed by atoms with van der Waals surface area (Å²) in [7, 11) is 0. The third-order valence-electron chi connectivity index (χ3n) is 4.74. The van der Waals surface area contributed by atoms with Crippen molar-refractivity contribution in [3.05, 3.63) is 77.5 Å². The van der Waals surface area contributed by atoms with Crippen LogP contribution in [0.5, 0.6) is 0 Å². The molecule has 138 valence electrons. The number of benzene rings is 1. The lowest BCUT2D eigenvalue weighted by Gasteiger charge is -2.33. The minimum Gasteiger partial charge on any atom is -0.443 e. The predicted octanol–water partition coefficient (Wildman–Crippen LogP) is 3.56. The number of hydrogen-bond donors (Lipinski definition) is 0. The molecule has 2 aromatic heterocycles. The fourth-order valence-electron chi connectivity index (χ4n) is 3.38. The van der Waals surface area contributed by atoms with Crippen molar-refractivity contribution < 1.29 is 13.6 Å². The molecule has 3 aromatic rings. The fraction of sp³-hybridized carbons (Fsp3) is 0.300. The second-order valence-corrected chi connectivity index (χ2v) is 6.61. The van der Waals surface area contributed by atoms with E-state index in [1.54, 1.807) is 29.3 Å². The lowest BCUT2D eigenvalue weighted by atomic mass is 10.0. The van der Waals surface area contributed by atoms with Gasteiger partial charge in [-0.1, -0.05) is 12.1 Å². The molecule has 27 heavy (non-hydrogen) atoms. The van der Waals surface area contributed by atoms with Gasteiger partial charge in [0.25, 0.3) is 5.91 Å². The van der Waals surface area contributed by atoms with Crippen LogP contribution in [0.25, 0.3) is 0 Å². The number of oxazole rings is 1. The monoisotopic (exact) mass is 366 g/mol. The second-order valence-electron chi connectivity index (χ2n) is 6.61. The third kappa shape index (κ3) is 3.86. The van der Waals surface area contributed by atoms with Gasteiger partial charge in [-0.25, -0.2) is 9.37 Å². The van der Waals surface area contributed by atoms with Crippen LogP contribution in [0.2, 0.25) is 0 Å². The Hall–Kier alpha value is -3.09. The molecular formula is C20H19FN4O2. The number of carbonyl (C=O) groups excluding carboxylic acids is 1. The topological polar surface area (TPSA) is 72.1 Å². The minimum absolute atomic E-state index is 0.0899. The summed E-state index contributed by atoms with van der Waals surface area (Å²) in [5, 5.41) is 7.52. The Labute approximate surface area is 156 Å². The van der Waals surface area contributed by atoms with Crippen LogP contribution in [-0.2, 0) is 6.42 Å². The highest BCUT2D eigenvalue weighted by Crippen LogP contribution is 2.32. The molecule has 0 aliphatic carbocycles. The van der Waals surface area contributed by atoms with Crippen LogP contribution in [-0.4, -0.2) is 32.5 Å². The first-order valence-corrected chi connectivity index (χ1v) is 8.97. The molecule has 6 nitrogen and oxygen atoms in total. The number of hydrogen-bond acceptors (Lipinski definition) is 5. The molecule has 0 N–H and O–H groups in total. The first-order chi connectivity index (χ1) is 13.2. The first-order valence-electron chi connectivity index (χ1n) is 8.97. The minimum atomic E-state index is -0.265. The second kappa shape index (κ2) is 7.65. The number of likely N-dealkylation sites (tertiary alicyclic amines) is 1. The molecule has 1 atom stereocenters. The summed E-state index contributed by atoms with van der Waals surface area (Å²) >= 11 is 0. The Morgan fingerprint density at radius 2 is 2.00 bits per heavy atom. The van der Waals surface area contributed by atoms with Crippen molar-refractivity contribution in [2.45, 2.75) is 31.7 Å². The maximum Gasteiger partial charge on any atom is 0.256 e. The predicted molar refractivity (Wildman–Crippen MR) is 95.4 cm³/mol. The van der Waals surface area contributed by atoms with Gasteiger partial charge in [-0.15, -0.1) is 0 Å². The molecule has 0 spiro atoms. The van der Waals surface area contributed by atoms with E-state index in [0.29, 0.717) is 30.2 Å². The van der Waals surface area contributed by atoms with Gasteiger partial charge in [0, 0.05) is 13.0 Å². The number of carbonyl (C=O) groups is 1. The van der Waals surface area contributed by atoms with Crippen molar-refractivity contribution in [3.8, 4) is 0 Å². The molecule has 1 aromatic carbocycles. The smallest absolute Gasteiger partial charge is 0.256 e. The van der Waals surface area contributed by atoms with Gasteiger partial charge in [0.05, 0.1) is 24.2 Å². The van der Waals surface area contributed by atoms with Gasteiger partial charge in [-0.3, -0.25) is 4.79 Å². The van der Waals surface area contributed by atoms with E-state index in [-0.39, 0.29) is 17.8 Å². The number of rotatable bonds is 4. The van der Waals surface area contributed by atoms with Crippen molar-refractivity contribution >= 4 is 5.91 Å². The van der Waals surface area contributed by atoms with E-state index in [2.05, 4.69) is 15.2 Å². The lowest BCUT2D eigenvalue weighted by molar-refractivity contribution is 0.0569. The van der Waals surface area contributed by atoms with E-state index in [4.69, 9.17) is 4.42 Å². The highest BCUT2D eigenvalue weighted by molar-refractivity contribution is 5.94. The number of nitrogens with zero attached hydrogens (tertiary/aromatic N) is 4. The Balaban J connectivity index is 1.53. The zero-order chi connectivity index (χ0) is 18.6. The van der Waals surface area contributed by atoms with Gasteiger partial charge in [0.2, 0.25) is 5.89 Å². The van der Waals surface area contributed by atoms with Gasteiger partial charge in [0.1, 0.15) is 17.6 Å². The quantitative estimate of drug-likeness (QED) is 0.706. The summed E-state index contributed by atoms with van der Waals surface area (Å²) in [6.07, 6.45) is 7.97. The molecule has 4 rings (SSSR count). The van der Waals surface area contributed by atoms with E-state index < -0.39 is 0 Å². The number of amides is 1. The molecule has 0 radical (unpaired) electrons. The van der Waals surface area contributed by atoms with Crippen molar-refractivity contribution in [2.75, 3.05) is 6.54 Å². The fourth-order valence-corrected chi connectivity index (χ4v) is 3.38. The maximum absolute atomic E-state index is 13.0. The molecule has 1 amide bonds. The van der Waals surface area contributed by atoms with Crippen LogP contribution in [0.1, 0.15) is 52.9 Å². The van der Waals surface area contributed by atoms with Crippen LogP contribution in [0.4, 0.5) is 4.39 Å². The Morgan fingerprint density at radius 1 is 1.15 bits per heavy atom. The molecule has 0 saturated carbocycles. The molecular weight excluding hydrogens is 347 g/mol. The van der Waals surface area contributed by atoms with Crippen molar-refractivity contribution in [3.63, 3.8) is 0 Å². The van der Waals surface area contributed by atoms with E-state index in [0.717, 1.165) is 24.8 Å². The third-order valence-corrected chi connectivity index (χ3v) is 4.74. The molecule has 1 aliphatic heterocycles. The zero-order valence-electron chi connectivity index (χ0n) is 14.7. The Kier molecular flexibility index (Phi) is 4.91.